The number of nitrogens with one attached hydrogen (secondary N) is 1. The average Bonchev–Trinajstić information content (AvgIpc) is 3.25. The van der Waals surface area contributed by atoms with Crippen LogP contribution in [0.4, 0.5) is 0 Å². The van der Waals surface area contributed by atoms with E-state index < -0.39 is 8.07 Å². The fraction of sp³-hybridized carbons (Fsp3) is 0.552. The predicted molar refractivity (Wildman–Crippen MR) is 146 cm³/mol. The Balaban J connectivity index is 1.46. The molecule has 0 atom stereocenters. The first-order valence-electron chi connectivity index (χ1n) is 13.3. The van der Waals surface area contributed by atoms with Crippen LogP contribution in [0.1, 0.15) is 57.6 Å². The van der Waals surface area contributed by atoms with Crippen LogP contribution in [-0.4, -0.2) is 43.6 Å². The topological polar surface area (TPSA) is 41.1 Å². The molecular formula is C29H43N3OSi. The van der Waals surface area contributed by atoms with Crippen LogP contribution < -0.4 is 5.32 Å². The smallest absolute Gasteiger partial charge is 0.137 e. The van der Waals surface area contributed by atoms with E-state index in [0.717, 1.165) is 12.3 Å². The largest absolute Gasteiger partial charge is 0.376 e. The van der Waals surface area contributed by atoms with Gasteiger partial charge < -0.3 is 9.72 Å². The molecule has 3 aromatic rings. The number of aromatic nitrogens is 2. The number of ether oxygens (including phenoxy) is 1. The SMILES string of the molecule is CC[Si](CC)(CC)c1[nH]c2ncccc2c1COCC1CCC(c2ccccc2)(N(C)C)CC1. The fourth-order valence-corrected chi connectivity index (χ4v) is 10.1. The summed E-state index contributed by atoms with van der Waals surface area (Å²) in [6.07, 6.45) is 6.71. The van der Waals surface area contributed by atoms with E-state index in [1.54, 1.807) is 0 Å². The van der Waals surface area contributed by atoms with Crippen LogP contribution in [-0.2, 0) is 16.9 Å². The van der Waals surface area contributed by atoms with Crippen LogP contribution >= 0.6 is 0 Å². The number of fused-ring (bicyclic) bond motifs is 1. The summed E-state index contributed by atoms with van der Waals surface area (Å²) in [4.78, 5) is 10.8. The molecule has 5 heteroatoms. The lowest BCUT2D eigenvalue weighted by molar-refractivity contribution is 0.0292. The zero-order chi connectivity index (χ0) is 24.2. The predicted octanol–water partition coefficient (Wildman–Crippen LogP) is 6.44. The molecule has 4 rings (SSSR count). The van der Waals surface area contributed by atoms with Crippen molar-refractivity contribution in [3.8, 4) is 0 Å². The first-order chi connectivity index (χ1) is 16.5. The summed E-state index contributed by atoms with van der Waals surface area (Å²) in [7, 11) is 2.91. The van der Waals surface area contributed by atoms with Crippen LogP contribution in [0.5, 0.6) is 0 Å². The van der Waals surface area contributed by atoms with Gasteiger partial charge in [0.15, 0.2) is 0 Å². The third kappa shape index (κ3) is 4.62. The summed E-state index contributed by atoms with van der Waals surface area (Å²) >= 11 is 0. The molecule has 0 amide bonds. The molecule has 0 spiro atoms. The number of rotatable bonds is 10. The van der Waals surface area contributed by atoms with Gasteiger partial charge in [0.2, 0.25) is 0 Å². The fourth-order valence-electron chi connectivity index (χ4n) is 6.35. The van der Waals surface area contributed by atoms with Gasteiger partial charge in [-0.3, -0.25) is 4.90 Å². The summed E-state index contributed by atoms with van der Waals surface area (Å²) < 4.78 is 6.49. The Morgan fingerprint density at radius 1 is 1.00 bits per heavy atom. The number of hydrogen-bond acceptors (Lipinski definition) is 3. The number of pyridine rings is 1. The van der Waals surface area contributed by atoms with Crippen LogP contribution in [0, 0.1) is 5.92 Å². The summed E-state index contributed by atoms with van der Waals surface area (Å²) in [5.74, 6) is 0.633. The van der Waals surface area contributed by atoms with Crippen molar-refractivity contribution in [2.45, 2.75) is 76.7 Å². The van der Waals surface area contributed by atoms with Crippen molar-refractivity contribution in [3.05, 3.63) is 59.8 Å². The molecule has 184 valence electrons. The molecule has 1 fully saturated rings. The summed E-state index contributed by atoms with van der Waals surface area (Å²) in [5, 5.41) is 2.73. The Kier molecular flexibility index (Phi) is 7.96. The minimum Gasteiger partial charge on any atom is -0.376 e. The van der Waals surface area contributed by atoms with Crippen molar-refractivity contribution < 1.29 is 4.74 Å². The minimum atomic E-state index is -1.56. The highest BCUT2D eigenvalue weighted by molar-refractivity contribution is 6.91. The Bertz CT molecular complexity index is 1040. The number of nitrogens with zero attached hydrogens (tertiary/aromatic N) is 2. The first kappa shape index (κ1) is 25.1. The molecule has 0 radical (unpaired) electrons. The molecule has 2 heterocycles. The van der Waals surface area contributed by atoms with E-state index in [1.165, 1.54) is 65.6 Å². The lowest BCUT2D eigenvalue weighted by Crippen LogP contribution is -2.48. The number of hydrogen-bond donors (Lipinski definition) is 1. The average molecular weight is 478 g/mol. The molecule has 1 aliphatic rings. The van der Waals surface area contributed by atoms with Gasteiger partial charge in [-0.2, -0.15) is 0 Å². The Morgan fingerprint density at radius 2 is 1.68 bits per heavy atom. The van der Waals surface area contributed by atoms with Crippen LogP contribution in [0.15, 0.2) is 48.7 Å². The van der Waals surface area contributed by atoms with Gasteiger partial charge >= 0.3 is 0 Å². The van der Waals surface area contributed by atoms with Gasteiger partial charge in [0.25, 0.3) is 0 Å². The molecule has 0 bridgehead atoms. The zero-order valence-electron chi connectivity index (χ0n) is 21.9. The standard InChI is InChI=1S/C29H43N3OSi/c1-6-34(7-2,8-3)28-26(25-15-12-20-30-27(25)31-28)22-33-21-23-16-18-29(19-17-23,32(4)5)24-13-10-9-11-14-24/h9-15,20,23H,6-8,16-19,21-22H2,1-5H3,(H,30,31). The van der Waals surface area contributed by atoms with Crippen LogP contribution in [0.25, 0.3) is 11.0 Å². The molecule has 34 heavy (non-hydrogen) atoms. The van der Waals surface area contributed by atoms with E-state index in [1.807, 2.05) is 6.20 Å². The number of benzene rings is 1. The van der Waals surface area contributed by atoms with Crippen LogP contribution in [0.3, 0.4) is 0 Å². The molecule has 1 aliphatic carbocycles. The summed E-state index contributed by atoms with van der Waals surface area (Å²) in [5.41, 5.74) is 4.01. The second kappa shape index (κ2) is 10.8. The molecule has 1 saturated carbocycles. The quantitative estimate of drug-likeness (QED) is 0.342. The van der Waals surface area contributed by atoms with Crippen molar-refractivity contribution in [2.24, 2.45) is 5.92 Å². The van der Waals surface area contributed by atoms with E-state index >= 15 is 0 Å². The van der Waals surface area contributed by atoms with Gasteiger partial charge in [-0.25, -0.2) is 4.98 Å². The maximum atomic E-state index is 6.49. The summed E-state index contributed by atoms with van der Waals surface area (Å²) in [6, 6.07) is 19.1. The molecule has 1 N–H and O–H groups in total. The maximum absolute atomic E-state index is 6.49. The molecular weight excluding hydrogens is 434 g/mol. The lowest BCUT2D eigenvalue weighted by atomic mass is 9.72. The van der Waals surface area contributed by atoms with Gasteiger partial charge in [-0.15, -0.1) is 0 Å². The van der Waals surface area contributed by atoms with E-state index in [9.17, 15) is 0 Å². The molecule has 0 saturated heterocycles. The third-order valence-electron chi connectivity index (χ3n) is 8.94. The van der Waals surface area contributed by atoms with Crippen LogP contribution in [0.2, 0.25) is 18.1 Å². The van der Waals surface area contributed by atoms with E-state index in [-0.39, 0.29) is 5.54 Å². The maximum Gasteiger partial charge on any atom is 0.137 e. The zero-order valence-corrected chi connectivity index (χ0v) is 22.9. The Morgan fingerprint density at radius 3 is 2.29 bits per heavy atom. The van der Waals surface area contributed by atoms with Crippen molar-refractivity contribution >= 4 is 24.4 Å². The number of H-pyrrole nitrogens is 1. The van der Waals surface area contributed by atoms with Crippen molar-refractivity contribution in [1.82, 2.24) is 14.9 Å². The van der Waals surface area contributed by atoms with Gasteiger partial charge in [-0.1, -0.05) is 69.2 Å². The van der Waals surface area contributed by atoms with E-state index in [2.05, 4.69) is 92.2 Å². The Hall–Kier alpha value is -1.95. The highest BCUT2D eigenvalue weighted by atomic mass is 28.3. The molecule has 4 nitrogen and oxygen atoms in total. The van der Waals surface area contributed by atoms with Crippen molar-refractivity contribution in [2.75, 3.05) is 20.7 Å². The van der Waals surface area contributed by atoms with E-state index in [4.69, 9.17) is 4.74 Å². The second-order valence-corrected chi connectivity index (χ2v) is 15.7. The molecule has 1 aromatic carbocycles. The Labute approximate surface area is 207 Å². The molecule has 0 aliphatic heterocycles. The summed E-state index contributed by atoms with van der Waals surface area (Å²) in [6.45, 7) is 8.66. The van der Waals surface area contributed by atoms with Gasteiger partial charge in [-0.05, 0) is 63.4 Å². The van der Waals surface area contributed by atoms with E-state index in [0.29, 0.717) is 12.5 Å². The highest BCUT2D eigenvalue weighted by Crippen LogP contribution is 2.43. The normalized spacial score (nSPS) is 21.4. The van der Waals surface area contributed by atoms with Gasteiger partial charge in [0, 0.05) is 34.6 Å². The minimum absolute atomic E-state index is 0.155. The monoisotopic (exact) mass is 477 g/mol. The number of aromatic amines is 1. The molecule has 2 aromatic heterocycles. The third-order valence-corrected chi connectivity index (χ3v) is 14.5. The lowest BCUT2D eigenvalue weighted by Gasteiger charge is -2.45. The van der Waals surface area contributed by atoms with Gasteiger partial charge in [0.1, 0.15) is 13.7 Å². The highest BCUT2D eigenvalue weighted by Gasteiger charge is 2.39. The second-order valence-electron chi connectivity index (χ2n) is 10.5. The molecule has 0 unspecified atom stereocenters. The van der Waals surface area contributed by atoms with Crippen molar-refractivity contribution in [1.29, 1.82) is 0 Å². The van der Waals surface area contributed by atoms with Gasteiger partial charge in [0.05, 0.1) is 6.61 Å². The van der Waals surface area contributed by atoms with Crippen molar-refractivity contribution in [3.63, 3.8) is 0 Å². The first-order valence-corrected chi connectivity index (χ1v) is 15.9.